The van der Waals surface area contributed by atoms with Crippen LogP contribution in [0.15, 0.2) is 36.5 Å². The average molecular weight is 347 g/mol. The molecule has 7 nitrogen and oxygen atoms in total. The minimum Gasteiger partial charge on any atom is -0.357 e. The van der Waals surface area contributed by atoms with Crippen molar-refractivity contribution in [3.8, 4) is 0 Å². The summed E-state index contributed by atoms with van der Waals surface area (Å²) in [5.74, 6) is -0.495. The van der Waals surface area contributed by atoms with E-state index in [2.05, 4.69) is 10.3 Å². The number of sulfonamides is 1. The molecule has 0 radical (unpaired) electrons. The van der Waals surface area contributed by atoms with E-state index in [1.807, 2.05) is 10.8 Å². The Morgan fingerprint density at radius 2 is 1.75 bits per heavy atom. The zero-order valence-electron chi connectivity index (χ0n) is 13.0. The third-order valence-electron chi connectivity index (χ3n) is 3.71. The molecule has 1 aromatic carbocycles. The molecule has 1 aliphatic rings. The van der Waals surface area contributed by atoms with Gasteiger partial charge in [0.15, 0.2) is 0 Å². The summed E-state index contributed by atoms with van der Waals surface area (Å²) < 4.78 is 24.0. The van der Waals surface area contributed by atoms with E-state index < -0.39 is 15.9 Å². The molecule has 2 amide bonds. The Morgan fingerprint density at radius 3 is 2.33 bits per heavy atom. The topological polar surface area (TPSA) is 108 Å². The van der Waals surface area contributed by atoms with Gasteiger partial charge in [0, 0.05) is 17.4 Å². The monoisotopic (exact) mass is 347 g/mol. The van der Waals surface area contributed by atoms with Crippen LogP contribution in [0.3, 0.4) is 0 Å². The Kier molecular flexibility index (Phi) is 4.15. The van der Waals surface area contributed by atoms with Crippen LogP contribution in [-0.4, -0.2) is 31.5 Å². The zero-order valence-corrected chi connectivity index (χ0v) is 13.8. The highest BCUT2D eigenvalue weighted by Crippen LogP contribution is 2.41. The Labute approximate surface area is 139 Å². The summed E-state index contributed by atoms with van der Waals surface area (Å²) in [6, 6.07) is 7.92. The highest BCUT2D eigenvalue weighted by Gasteiger charge is 2.28. The number of carbonyl (C=O) groups is 2. The molecule has 2 aromatic rings. The van der Waals surface area contributed by atoms with Gasteiger partial charge >= 0.3 is 0 Å². The lowest BCUT2D eigenvalue weighted by molar-refractivity contribution is 0.0980. The molecule has 0 spiro atoms. The molecular weight excluding hydrogens is 330 g/mol. The largest absolute Gasteiger partial charge is 0.357 e. The molecule has 0 atom stereocenters. The van der Waals surface area contributed by atoms with Gasteiger partial charge in [0.1, 0.15) is 5.69 Å². The highest BCUT2D eigenvalue weighted by molar-refractivity contribution is 7.89. The second-order valence-electron chi connectivity index (χ2n) is 5.82. The van der Waals surface area contributed by atoms with Crippen LogP contribution in [0.4, 0.5) is 5.69 Å². The second kappa shape index (κ2) is 6.12. The van der Waals surface area contributed by atoms with Gasteiger partial charge in [-0.25, -0.2) is 13.1 Å². The highest BCUT2D eigenvalue weighted by atomic mass is 32.2. The van der Waals surface area contributed by atoms with E-state index in [0.29, 0.717) is 17.3 Å². The van der Waals surface area contributed by atoms with Crippen LogP contribution in [0.2, 0.25) is 0 Å². The molecule has 8 heteroatoms. The average Bonchev–Trinajstić information content (AvgIpc) is 3.23. The predicted molar refractivity (Wildman–Crippen MR) is 89.5 cm³/mol. The lowest BCUT2D eigenvalue weighted by Crippen LogP contribution is -2.29. The molecule has 0 bridgehead atoms. The van der Waals surface area contributed by atoms with Crippen molar-refractivity contribution >= 4 is 27.5 Å². The first kappa shape index (κ1) is 16.3. The molecule has 1 saturated carbocycles. The number of anilines is 1. The first-order valence-electron chi connectivity index (χ1n) is 7.44. The predicted octanol–water partition coefficient (Wildman–Crippen LogP) is 1.83. The number of nitrogens with one attached hydrogen (secondary N) is 3. The lowest BCUT2D eigenvalue weighted by atomic mass is 10.1. The van der Waals surface area contributed by atoms with Crippen LogP contribution in [-0.2, 0) is 10.0 Å². The summed E-state index contributed by atoms with van der Waals surface area (Å²) in [4.78, 5) is 27.0. The third kappa shape index (κ3) is 3.83. The van der Waals surface area contributed by atoms with Gasteiger partial charge in [-0.05, 0) is 54.7 Å². The van der Waals surface area contributed by atoms with E-state index in [0.717, 1.165) is 24.7 Å². The fraction of sp³-hybridized carbons (Fsp3) is 0.250. The summed E-state index contributed by atoms with van der Waals surface area (Å²) in [6.07, 6.45) is 4.86. The van der Waals surface area contributed by atoms with Crippen LogP contribution in [0.25, 0.3) is 0 Å². The molecule has 3 rings (SSSR count). The Bertz CT molecular complexity index is 880. The number of amides is 2. The van der Waals surface area contributed by atoms with Crippen molar-refractivity contribution in [3.05, 3.63) is 53.3 Å². The zero-order chi connectivity index (χ0) is 17.3. The normalized spacial score (nSPS) is 14.2. The second-order valence-corrected chi connectivity index (χ2v) is 7.57. The number of carbonyl (C=O) groups excluding carboxylic acids is 2. The maximum atomic E-state index is 12.3. The van der Waals surface area contributed by atoms with E-state index in [-0.39, 0.29) is 11.5 Å². The molecular formula is C16H17N3O4S. The lowest BCUT2D eigenvalue weighted by Gasteiger charge is -2.07. The smallest absolute Gasteiger partial charge is 0.272 e. The first-order chi connectivity index (χ1) is 11.3. The van der Waals surface area contributed by atoms with Crippen molar-refractivity contribution in [2.75, 3.05) is 11.6 Å². The van der Waals surface area contributed by atoms with E-state index in [1.165, 1.54) is 12.1 Å². The number of hydrogen-bond donors (Lipinski definition) is 3. The van der Waals surface area contributed by atoms with Crippen molar-refractivity contribution in [3.63, 3.8) is 0 Å². The fourth-order valence-electron chi connectivity index (χ4n) is 2.44. The van der Waals surface area contributed by atoms with Crippen molar-refractivity contribution in [1.29, 1.82) is 0 Å². The van der Waals surface area contributed by atoms with Gasteiger partial charge < -0.3 is 10.3 Å². The van der Waals surface area contributed by atoms with E-state index in [9.17, 15) is 18.0 Å². The number of hydrogen-bond acceptors (Lipinski definition) is 4. The molecule has 0 saturated heterocycles. The Balaban J connectivity index is 1.69. The minimum atomic E-state index is -3.61. The molecule has 1 aromatic heterocycles. The van der Waals surface area contributed by atoms with Gasteiger partial charge in [-0.3, -0.25) is 9.59 Å². The summed E-state index contributed by atoms with van der Waals surface area (Å²) >= 11 is 0. The maximum Gasteiger partial charge on any atom is 0.272 e. The van der Waals surface area contributed by atoms with Gasteiger partial charge in [0.25, 0.3) is 11.8 Å². The number of aromatic nitrogens is 1. The first-order valence-corrected chi connectivity index (χ1v) is 9.33. The number of rotatable bonds is 5. The molecule has 3 N–H and O–H groups in total. The molecule has 126 valence electrons. The fourth-order valence-corrected chi connectivity index (χ4v) is 2.89. The van der Waals surface area contributed by atoms with Gasteiger partial charge in [-0.2, -0.15) is 0 Å². The van der Waals surface area contributed by atoms with Crippen LogP contribution in [0.5, 0.6) is 0 Å². The SMILES string of the molecule is CS(=O)(=O)NC(=O)c1ccc(NC(=O)c2[nH]ccc2C2CC2)cc1. The third-order valence-corrected chi connectivity index (χ3v) is 4.26. The van der Waals surface area contributed by atoms with Crippen molar-refractivity contribution in [2.45, 2.75) is 18.8 Å². The van der Waals surface area contributed by atoms with Crippen LogP contribution >= 0.6 is 0 Å². The number of aromatic amines is 1. The molecule has 1 aliphatic carbocycles. The maximum absolute atomic E-state index is 12.3. The van der Waals surface area contributed by atoms with Crippen LogP contribution in [0, 0.1) is 0 Å². The van der Waals surface area contributed by atoms with Crippen LogP contribution < -0.4 is 10.0 Å². The van der Waals surface area contributed by atoms with Gasteiger partial charge in [0.2, 0.25) is 10.0 Å². The number of H-pyrrole nitrogens is 1. The Hall–Kier alpha value is -2.61. The van der Waals surface area contributed by atoms with Crippen molar-refractivity contribution in [1.82, 2.24) is 9.71 Å². The summed E-state index contributed by atoms with van der Waals surface area (Å²) in [5, 5.41) is 2.76. The molecule has 0 aliphatic heterocycles. The van der Waals surface area contributed by atoms with E-state index in [1.54, 1.807) is 18.3 Å². The van der Waals surface area contributed by atoms with Gasteiger partial charge in [-0.1, -0.05) is 0 Å². The molecule has 0 unspecified atom stereocenters. The molecule has 1 fully saturated rings. The summed E-state index contributed by atoms with van der Waals surface area (Å²) in [5.41, 5.74) is 2.29. The van der Waals surface area contributed by atoms with Crippen LogP contribution in [0.1, 0.15) is 45.2 Å². The van der Waals surface area contributed by atoms with Gasteiger partial charge in [0.05, 0.1) is 6.26 Å². The summed E-state index contributed by atoms with van der Waals surface area (Å²) in [6.45, 7) is 0. The van der Waals surface area contributed by atoms with Gasteiger partial charge in [-0.15, -0.1) is 0 Å². The van der Waals surface area contributed by atoms with E-state index in [4.69, 9.17) is 0 Å². The number of benzene rings is 1. The molecule has 1 heterocycles. The minimum absolute atomic E-state index is 0.192. The van der Waals surface area contributed by atoms with Crippen molar-refractivity contribution < 1.29 is 18.0 Å². The Morgan fingerprint density at radius 1 is 1.08 bits per heavy atom. The quantitative estimate of drug-likeness (QED) is 0.767. The van der Waals surface area contributed by atoms with Crippen molar-refractivity contribution in [2.24, 2.45) is 0 Å². The summed E-state index contributed by atoms with van der Waals surface area (Å²) in [7, 11) is -3.61. The molecule has 24 heavy (non-hydrogen) atoms. The van der Waals surface area contributed by atoms with E-state index >= 15 is 0 Å². The standard InChI is InChI=1S/C16H17N3O4S/c1-24(22,23)19-15(20)11-4-6-12(7-5-11)18-16(21)14-13(8-9-17-14)10-2-3-10/h4-10,17H,2-3H2,1H3,(H,18,21)(H,19,20).